The molecule has 0 bridgehead atoms. The molecule has 216 valence electrons. The number of imide groups is 1. The molecule has 2 aromatic carbocycles. The van der Waals surface area contributed by atoms with Gasteiger partial charge in [-0.05, 0) is 60.6 Å². The van der Waals surface area contributed by atoms with Gasteiger partial charge in [0.05, 0.1) is 31.8 Å². The zero-order chi connectivity index (χ0) is 28.8. The quantitative estimate of drug-likeness (QED) is 0.449. The van der Waals surface area contributed by atoms with Crippen molar-refractivity contribution in [2.45, 2.75) is 64.4 Å². The Morgan fingerprint density at radius 1 is 0.950 bits per heavy atom. The molecule has 4 atom stereocenters. The Morgan fingerprint density at radius 2 is 1.65 bits per heavy atom. The van der Waals surface area contributed by atoms with Gasteiger partial charge >= 0.3 is 6.03 Å². The summed E-state index contributed by atoms with van der Waals surface area (Å²) in [6, 6.07) is 14.0. The third-order valence-electron chi connectivity index (χ3n) is 7.96. The number of nitrogens with one attached hydrogen (secondary N) is 1. The van der Waals surface area contributed by atoms with Gasteiger partial charge in [0, 0.05) is 38.9 Å². The van der Waals surface area contributed by atoms with Gasteiger partial charge in [-0.3, -0.25) is 14.5 Å². The second kappa shape index (κ2) is 13.3. The molecule has 1 aliphatic heterocycles. The lowest BCUT2D eigenvalue weighted by atomic mass is 9.77. The summed E-state index contributed by atoms with van der Waals surface area (Å²) >= 11 is 0. The minimum Gasteiger partial charge on any atom is -0.497 e. The third kappa shape index (κ3) is 6.64. The van der Waals surface area contributed by atoms with Gasteiger partial charge in [0.2, 0.25) is 5.91 Å². The topological polar surface area (TPSA) is 97.4 Å². The number of hydrogen-bond acceptors (Lipinski definition) is 6. The standard InChI is InChI=1S/C31H41N3O6/c1-20(2)13-14-32-29(35)23-11-9-21(10-12-23)18-34-30(36)25-16-27(39-4)28(40-5)17-26(25)33(31(34)37)19-22-7-6-8-24(15-22)38-3/h6-12,15,20,25-28H,13-14,16-19H2,1-5H3,(H,32,35). The molecule has 4 rings (SSSR count). The van der Waals surface area contributed by atoms with Crippen LogP contribution in [0.15, 0.2) is 48.5 Å². The number of nitrogens with zero attached hydrogens (tertiary/aromatic N) is 2. The predicted octanol–water partition coefficient (Wildman–Crippen LogP) is 4.24. The zero-order valence-corrected chi connectivity index (χ0v) is 24.1. The molecule has 40 heavy (non-hydrogen) atoms. The molecular weight excluding hydrogens is 510 g/mol. The molecular formula is C31H41N3O6. The number of benzene rings is 2. The van der Waals surface area contributed by atoms with E-state index < -0.39 is 5.92 Å². The highest BCUT2D eigenvalue weighted by atomic mass is 16.5. The summed E-state index contributed by atoms with van der Waals surface area (Å²) < 4.78 is 16.8. The van der Waals surface area contributed by atoms with Gasteiger partial charge in [-0.1, -0.05) is 38.1 Å². The van der Waals surface area contributed by atoms with Gasteiger partial charge in [-0.25, -0.2) is 4.79 Å². The second-order valence-electron chi connectivity index (χ2n) is 11.0. The van der Waals surface area contributed by atoms with Gasteiger partial charge in [-0.15, -0.1) is 0 Å². The fraction of sp³-hybridized carbons (Fsp3) is 0.516. The van der Waals surface area contributed by atoms with Crippen LogP contribution in [0.4, 0.5) is 4.79 Å². The van der Waals surface area contributed by atoms with Crippen LogP contribution in [0.3, 0.4) is 0 Å². The van der Waals surface area contributed by atoms with E-state index in [1.165, 1.54) is 4.90 Å². The Bertz CT molecular complexity index is 1180. The first-order valence-corrected chi connectivity index (χ1v) is 13.9. The van der Waals surface area contributed by atoms with Crippen LogP contribution >= 0.6 is 0 Å². The van der Waals surface area contributed by atoms with Gasteiger partial charge in [-0.2, -0.15) is 0 Å². The van der Waals surface area contributed by atoms with E-state index in [9.17, 15) is 14.4 Å². The van der Waals surface area contributed by atoms with Crippen LogP contribution in [0.2, 0.25) is 0 Å². The first-order chi connectivity index (χ1) is 19.2. The summed E-state index contributed by atoms with van der Waals surface area (Å²) in [5.74, 6) is 0.464. The van der Waals surface area contributed by atoms with Crippen molar-refractivity contribution >= 4 is 17.8 Å². The molecule has 2 aromatic rings. The Hall–Kier alpha value is -3.43. The van der Waals surface area contributed by atoms with Crippen molar-refractivity contribution in [1.82, 2.24) is 15.1 Å². The molecule has 9 nitrogen and oxygen atoms in total. The summed E-state index contributed by atoms with van der Waals surface area (Å²) in [4.78, 5) is 43.3. The maximum absolute atomic E-state index is 13.9. The zero-order valence-electron chi connectivity index (χ0n) is 24.1. The Balaban J connectivity index is 1.56. The molecule has 1 saturated carbocycles. The molecule has 1 saturated heterocycles. The number of fused-ring (bicyclic) bond motifs is 1. The molecule has 1 heterocycles. The normalized spacial score (nSPS) is 22.9. The van der Waals surface area contributed by atoms with E-state index >= 15 is 0 Å². The number of ether oxygens (including phenoxy) is 3. The van der Waals surface area contributed by atoms with Crippen molar-refractivity contribution in [3.63, 3.8) is 0 Å². The molecule has 1 aliphatic carbocycles. The Labute approximate surface area is 236 Å². The summed E-state index contributed by atoms with van der Waals surface area (Å²) in [7, 11) is 4.87. The fourth-order valence-corrected chi connectivity index (χ4v) is 5.63. The number of methoxy groups -OCH3 is 3. The summed E-state index contributed by atoms with van der Waals surface area (Å²) in [6.07, 6.45) is 1.43. The molecule has 0 radical (unpaired) electrons. The highest BCUT2D eigenvalue weighted by Gasteiger charge is 2.51. The SMILES string of the molecule is COc1cccc(CN2C(=O)N(Cc3ccc(C(=O)NCCC(C)C)cc3)C(=O)C3CC(OC)C(OC)CC32)c1. The van der Waals surface area contributed by atoms with Crippen LogP contribution in [0.1, 0.15) is 54.6 Å². The van der Waals surface area contributed by atoms with Crippen LogP contribution < -0.4 is 10.1 Å². The van der Waals surface area contributed by atoms with Crippen LogP contribution in [-0.2, 0) is 27.4 Å². The molecule has 0 spiro atoms. The Morgan fingerprint density at radius 3 is 2.30 bits per heavy atom. The second-order valence-corrected chi connectivity index (χ2v) is 11.0. The average Bonchev–Trinajstić information content (AvgIpc) is 2.96. The maximum atomic E-state index is 13.9. The summed E-state index contributed by atoms with van der Waals surface area (Å²) in [5.41, 5.74) is 2.23. The van der Waals surface area contributed by atoms with E-state index in [4.69, 9.17) is 14.2 Å². The number of urea groups is 1. The van der Waals surface area contributed by atoms with Crippen LogP contribution in [0, 0.1) is 11.8 Å². The molecule has 0 aromatic heterocycles. The van der Waals surface area contributed by atoms with Crippen LogP contribution in [0.25, 0.3) is 0 Å². The van der Waals surface area contributed by atoms with E-state index in [-0.39, 0.29) is 42.6 Å². The largest absolute Gasteiger partial charge is 0.497 e. The number of carbonyl (C=O) groups is 3. The highest BCUT2D eigenvalue weighted by molar-refractivity contribution is 5.99. The molecule has 2 aliphatic rings. The fourth-order valence-electron chi connectivity index (χ4n) is 5.63. The minimum atomic E-state index is -0.411. The van der Waals surface area contributed by atoms with Crippen molar-refractivity contribution in [2.24, 2.45) is 11.8 Å². The van der Waals surface area contributed by atoms with Crippen molar-refractivity contribution in [1.29, 1.82) is 0 Å². The number of hydrogen-bond donors (Lipinski definition) is 1. The van der Waals surface area contributed by atoms with Gasteiger partial charge < -0.3 is 24.4 Å². The lowest BCUT2D eigenvalue weighted by molar-refractivity contribution is -0.152. The molecule has 2 fully saturated rings. The van der Waals surface area contributed by atoms with Crippen LogP contribution in [-0.4, -0.2) is 73.8 Å². The lowest BCUT2D eigenvalue weighted by Crippen LogP contribution is -2.64. The van der Waals surface area contributed by atoms with Crippen LogP contribution in [0.5, 0.6) is 5.75 Å². The lowest BCUT2D eigenvalue weighted by Gasteiger charge is -2.50. The van der Waals surface area contributed by atoms with E-state index in [1.807, 2.05) is 24.3 Å². The van der Waals surface area contributed by atoms with E-state index in [1.54, 1.807) is 50.5 Å². The smallest absolute Gasteiger partial charge is 0.327 e. The van der Waals surface area contributed by atoms with Crippen molar-refractivity contribution in [3.8, 4) is 5.75 Å². The minimum absolute atomic E-state index is 0.121. The van der Waals surface area contributed by atoms with E-state index in [0.717, 1.165) is 17.5 Å². The molecule has 1 N–H and O–H groups in total. The average molecular weight is 552 g/mol. The highest BCUT2D eigenvalue weighted by Crippen LogP contribution is 2.38. The first kappa shape index (κ1) is 29.6. The van der Waals surface area contributed by atoms with Crippen molar-refractivity contribution in [3.05, 3.63) is 65.2 Å². The number of amides is 4. The van der Waals surface area contributed by atoms with Crippen molar-refractivity contribution in [2.75, 3.05) is 27.9 Å². The molecule has 9 heteroatoms. The molecule has 4 amide bonds. The summed E-state index contributed by atoms with van der Waals surface area (Å²) in [6.45, 7) is 5.30. The summed E-state index contributed by atoms with van der Waals surface area (Å²) in [5, 5.41) is 2.94. The number of carbonyl (C=O) groups excluding carboxylic acids is 3. The monoisotopic (exact) mass is 551 g/mol. The van der Waals surface area contributed by atoms with E-state index in [0.29, 0.717) is 43.2 Å². The first-order valence-electron chi connectivity index (χ1n) is 13.9. The van der Waals surface area contributed by atoms with Gasteiger partial charge in [0.15, 0.2) is 0 Å². The Kier molecular flexibility index (Phi) is 9.81. The van der Waals surface area contributed by atoms with Crippen molar-refractivity contribution < 1.29 is 28.6 Å². The molecule has 4 unspecified atom stereocenters. The maximum Gasteiger partial charge on any atom is 0.327 e. The van der Waals surface area contributed by atoms with E-state index in [2.05, 4.69) is 19.2 Å². The van der Waals surface area contributed by atoms with Gasteiger partial charge in [0.25, 0.3) is 5.91 Å². The van der Waals surface area contributed by atoms with Gasteiger partial charge in [0.1, 0.15) is 5.75 Å². The third-order valence-corrected chi connectivity index (χ3v) is 7.96. The predicted molar refractivity (Wildman–Crippen MR) is 151 cm³/mol. The number of rotatable bonds is 11.